The zero-order valence-electron chi connectivity index (χ0n) is 20.6. The van der Waals surface area contributed by atoms with Gasteiger partial charge in [0.15, 0.2) is 5.84 Å². The molecule has 1 atom stereocenters. The number of fused-ring (bicyclic) bond motifs is 1. The lowest BCUT2D eigenvalue weighted by atomic mass is 9.89. The molecule has 1 unspecified atom stereocenters. The van der Waals surface area contributed by atoms with E-state index in [1.54, 1.807) is 7.11 Å². The van der Waals surface area contributed by atoms with E-state index in [4.69, 9.17) is 9.57 Å². The van der Waals surface area contributed by atoms with Gasteiger partial charge in [0.05, 0.1) is 24.8 Å². The Labute approximate surface area is 201 Å². The summed E-state index contributed by atoms with van der Waals surface area (Å²) >= 11 is 0. The van der Waals surface area contributed by atoms with Crippen molar-refractivity contribution in [3.05, 3.63) is 82.9 Å². The molecule has 0 spiro atoms. The lowest BCUT2D eigenvalue weighted by molar-refractivity contribution is -0.0846. The second kappa shape index (κ2) is 8.67. The third-order valence-corrected chi connectivity index (χ3v) is 6.69. The van der Waals surface area contributed by atoms with Crippen molar-refractivity contribution in [2.24, 2.45) is 5.16 Å². The average molecular weight is 457 g/mol. The highest BCUT2D eigenvalue weighted by atomic mass is 16.7. The van der Waals surface area contributed by atoms with Crippen LogP contribution in [0.25, 0.3) is 11.8 Å². The number of ether oxygens (including phenoxy) is 1. The number of hydrogen-bond acceptors (Lipinski definition) is 5. The van der Waals surface area contributed by atoms with Crippen LogP contribution in [0.2, 0.25) is 0 Å². The van der Waals surface area contributed by atoms with Gasteiger partial charge >= 0.3 is 0 Å². The molecule has 3 heterocycles. The van der Waals surface area contributed by atoms with Crippen LogP contribution in [0.3, 0.4) is 0 Å². The van der Waals surface area contributed by atoms with Crippen molar-refractivity contribution in [1.82, 2.24) is 14.5 Å². The molecule has 6 nitrogen and oxygen atoms in total. The van der Waals surface area contributed by atoms with E-state index in [1.165, 1.54) is 16.7 Å². The minimum absolute atomic E-state index is 0.345. The van der Waals surface area contributed by atoms with E-state index in [1.807, 2.05) is 24.0 Å². The third kappa shape index (κ3) is 4.20. The summed E-state index contributed by atoms with van der Waals surface area (Å²) in [6.07, 6.45) is 9.00. The maximum Gasteiger partial charge on any atom is 0.206 e. The van der Waals surface area contributed by atoms with Gasteiger partial charge < -0.3 is 19.0 Å². The Bertz CT molecular complexity index is 1250. The first-order chi connectivity index (χ1) is 16.3. The molecule has 0 aliphatic carbocycles. The van der Waals surface area contributed by atoms with Gasteiger partial charge in [0.2, 0.25) is 5.72 Å². The maximum absolute atomic E-state index is 5.90. The van der Waals surface area contributed by atoms with E-state index in [0.29, 0.717) is 6.04 Å². The number of amidine groups is 1. The van der Waals surface area contributed by atoms with E-state index >= 15 is 0 Å². The Balaban J connectivity index is 1.43. The zero-order chi connectivity index (χ0) is 23.9. The molecule has 2 aliphatic rings. The standard InChI is InChI=1S/C28H32N4O2/c1-19-6-8-21(9-7-19)15-24-12-11-23(27-30-34-28(3,4)32(24)27)14-22-10-13-25(26(16-22)33-5)31-17-20(2)29-18-31/h6-10,13-14,16-18,24H,11-12,15H2,1-5H3. The number of rotatable bonds is 5. The van der Waals surface area contributed by atoms with Crippen LogP contribution in [-0.2, 0) is 11.3 Å². The van der Waals surface area contributed by atoms with Crippen LogP contribution in [0.15, 0.2) is 65.7 Å². The summed E-state index contributed by atoms with van der Waals surface area (Å²) < 4.78 is 7.69. The number of oxime groups is 1. The second-order valence-electron chi connectivity index (χ2n) is 9.73. The summed E-state index contributed by atoms with van der Waals surface area (Å²) in [5.74, 6) is 1.75. The van der Waals surface area contributed by atoms with Crippen LogP contribution in [0.4, 0.5) is 0 Å². The molecular weight excluding hydrogens is 424 g/mol. The highest BCUT2D eigenvalue weighted by Crippen LogP contribution is 2.38. The van der Waals surface area contributed by atoms with Crippen LogP contribution in [0.1, 0.15) is 49.1 Å². The maximum atomic E-state index is 5.90. The molecule has 176 valence electrons. The molecule has 2 aliphatic heterocycles. The van der Waals surface area contributed by atoms with Crippen molar-refractivity contribution in [1.29, 1.82) is 0 Å². The zero-order valence-corrected chi connectivity index (χ0v) is 20.6. The first-order valence-corrected chi connectivity index (χ1v) is 11.8. The van der Waals surface area contributed by atoms with Crippen LogP contribution in [0, 0.1) is 13.8 Å². The molecule has 3 aromatic rings. The Morgan fingerprint density at radius 3 is 2.65 bits per heavy atom. The number of piperidine rings is 1. The first-order valence-electron chi connectivity index (χ1n) is 11.8. The molecular formula is C28H32N4O2. The van der Waals surface area contributed by atoms with Gasteiger partial charge in [0, 0.05) is 12.2 Å². The molecule has 0 radical (unpaired) electrons. The van der Waals surface area contributed by atoms with Gasteiger partial charge in [0.25, 0.3) is 0 Å². The Morgan fingerprint density at radius 1 is 1.15 bits per heavy atom. The minimum Gasteiger partial charge on any atom is -0.495 e. The van der Waals surface area contributed by atoms with Gasteiger partial charge in [-0.25, -0.2) is 4.98 Å². The van der Waals surface area contributed by atoms with Gasteiger partial charge in [-0.3, -0.25) is 0 Å². The van der Waals surface area contributed by atoms with Crippen molar-refractivity contribution < 1.29 is 9.57 Å². The second-order valence-corrected chi connectivity index (χ2v) is 9.73. The van der Waals surface area contributed by atoms with Gasteiger partial charge in [-0.2, -0.15) is 0 Å². The number of aromatic nitrogens is 2. The molecule has 1 aromatic heterocycles. The smallest absolute Gasteiger partial charge is 0.206 e. The number of benzene rings is 2. The van der Waals surface area contributed by atoms with Gasteiger partial charge in [-0.05, 0) is 81.9 Å². The Morgan fingerprint density at radius 2 is 1.94 bits per heavy atom. The molecule has 0 N–H and O–H groups in total. The topological polar surface area (TPSA) is 51.9 Å². The van der Waals surface area contributed by atoms with Crippen molar-refractivity contribution >= 4 is 11.9 Å². The third-order valence-electron chi connectivity index (χ3n) is 6.69. The van der Waals surface area contributed by atoms with Crippen LogP contribution in [0.5, 0.6) is 5.75 Å². The predicted octanol–water partition coefficient (Wildman–Crippen LogP) is 5.67. The molecule has 2 aromatic carbocycles. The summed E-state index contributed by atoms with van der Waals surface area (Å²) in [6.45, 7) is 8.30. The largest absolute Gasteiger partial charge is 0.495 e. The predicted molar refractivity (Wildman–Crippen MR) is 135 cm³/mol. The van der Waals surface area contributed by atoms with E-state index in [9.17, 15) is 0 Å². The fourth-order valence-corrected chi connectivity index (χ4v) is 4.96. The summed E-state index contributed by atoms with van der Waals surface area (Å²) in [5.41, 5.74) is 6.38. The monoisotopic (exact) mass is 456 g/mol. The van der Waals surface area contributed by atoms with Crippen molar-refractivity contribution in [3.63, 3.8) is 0 Å². The molecule has 0 bridgehead atoms. The summed E-state index contributed by atoms with van der Waals surface area (Å²) in [6, 6.07) is 15.4. The minimum atomic E-state index is -0.467. The van der Waals surface area contributed by atoms with E-state index < -0.39 is 5.72 Å². The Hall–Kier alpha value is -3.54. The fraction of sp³-hybridized carbons (Fsp3) is 0.357. The highest BCUT2D eigenvalue weighted by Gasteiger charge is 2.45. The van der Waals surface area contributed by atoms with Gasteiger partial charge in [-0.15, -0.1) is 0 Å². The van der Waals surface area contributed by atoms with Gasteiger partial charge in [0.1, 0.15) is 5.75 Å². The number of hydrogen-bond donors (Lipinski definition) is 0. The van der Waals surface area contributed by atoms with Crippen LogP contribution in [-0.4, -0.2) is 39.2 Å². The van der Waals surface area contributed by atoms with Crippen molar-refractivity contribution in [2.75, 3.05) is 7.11 Å². The highest BCUT2D eigenvalue weighted by molar-refractivity contribution is 6.03. The van der Waals surface area contributed by atoms with Crippen LogP contribution >= 0.6 is 0 Å². The SMILES string of the molecule is COc1cc(C=C2CCC(Cc3ccc(C)cc3)N3C2=NOC3(C)C)ccc1-n1cnc(C)c1. The first kappa shape index (κ1) is 22.3. The lowest BCUT2D eigenvalue weighted by Gasteiger charge is -2.42. The summed E-state index contributed by atoms with van der Waals surface area (Å²) in [5, 5.41) is 4.54. The normalized spacial score (nSPS) is 20.1. The van der Waals surface area contributed by atoms with Crippen molar-refractivity contribution in [3.8, 4) is 11.4 Å². The fourth-order valence-electron chi connectivity index (χ4n) is 4.96. The molecule has 0 saturated carbocycles. The van der Waals surface area contributed by atoms with E-state index in [0.717, 1.165) is 47.8 Å². The number of imidazole rings is 1. The average Bonchev–Trinajstić information content (AvgIpc) is 3.39. The van der Waals surface area contributed by atoms with Gasteiger partial charge in [-0.1, -0.05) is 41.1 Å². The molecule has 5 rings (SSSR count). The van der Waals surface area contributed by atoms with E-state index in [2.05, 4.69) is 84.4 Å². The lowest BCUT2D eigenvalue weighted by Crippen LogP contribution is -2.53. The number of methoxy groups -OCH3 is 1. The molecule has 0 amide bonds. The number of aryl methyl sites for hydroxylation is 2. The Kier molecular flexibility index (Phi) is 5.68. The van der Waals surface area contributed by atoms with Crippen LogP contribution < -0.4 is 4.74 Å². The van der Waals surface area contributed by atoms with Crippen molar-refractivity contribution in [2.45, 2.75) is 58.7 Å². The molecule has 1 saturated heterocycles. The molecule has 1 fully saturated rings. The quantitative estimate of drug-likeness (QED) is 0.497. The molecule has 34 heavy (non-hydrogen) atoms. The number of nitrogens with zero attached hydrogens (tertiary/aromatic N) is 4. The summed E-state index contributed by atoms with van der Waals surface area (Å²) in [7, 11) is 1.70. The molecule has 6 heteroatoms. The summed E-state index contributed by atoms with van der Waals surface area (Å²) in [4.78, 5) is 12.6. The van der Waals surface area contributed by atoms with E-state index in [-0.39, 0.29) is 0 Å².